The fraction of sp³-hybridized carbons (Fsp3) is 1.00. The van der Waals surface area contributed by atoms with E-state index in [1.807, 2.05) is 0 Å². The molecule has 1 aliphatic rings. The number of nitrogens with two attached hydrogens (primary N) is 1. The lowest BCUT2D eigenvalue weighted by atomic mass is 10.3. The molecule has 2 N–H and O–H groups in total. The van der Waals surface area contributed by atoms with Gasteiger partial charge < -0.3 is 5.73 Å². The lowest BCUT2D eigenvalue weighted by Crippen LogP contribution is -2.39. The van der Waals surface area contributed by atoms with E-state index in [0.717, 1.165) is 0 Å². The summed E-state index contributed by atoms with van der Waals surface area (Å²) in [4.78, 5) is 0. The van der Waals surface area contributed by atoms with Crippen molar-refractivity contribution < 1.29 is 16.8 Å². The van der Waals surface area contributed by atoms with Crippen LogP contribution in [0.25, 0.3) is 0 Å². The lowest BCUT2D eigenvalue weighted by Gasteiger charge is -2.22. The van der Waals surface area contributed by atoms with E-state index in [1.54, 1.807) is 0 Å². The Hall–Kier alpha value is -0.140. The molecule has 7 heteroatoms. The van der Waals surface area contributed by atoms with Crippen LogP contribution < -0.4 is 5.73 Å². The van der Waals surface area contributed by atoms with Crippen molar-refractivity contribution in [1.82, 2.24) is 0 Å². The molecule has 0 radical (unpaired) electrons. The Morgan fingerprint density at radius 1 is 1.07 bits per heavy atom. The van der Waals surface area contributed by atoms with Gasteiger partial charge in [-0.25, -0.2) is 16.8 Å². The third-order valence-electron chi connectivity index (χ3n) is 2.30. The summed E-state index contributed by atoms with van der Waals surface area (Å²) >= 11 is 0. The zero-order chi connectivity index (χ0) is 10.8. The highest BCUT2D eigenvalue weighted by Crippen LogP contribution is 2.23. The Morgan fingerprint density at radius 3 is 2.00 bits per heavy atom. The fourth-order valence-electron chi connectivity index (χ4n) is 1.59. The van der Waals surface area contributed by atoms with Crippen LogP contribution in [0.5, 0.6) is 0 Å². The summed E-state index contributed by atoms with van der Waals surface area (Å²) in [7, 11) is -6.89. The zero-order valence-corrected chi connectivity index (χ0v) is 9.48. The van der Waals surface area contributed by atoms with Crippen LogP contribution in [0, 0.1) is 0 Å². The zero-order valence-electron chi connectivity index (χ0n) is 7.85. The number of hydrogen-bond acceptors (Lipinski definition) is 5. The van der Waals surface area contributed by atoms with Gasteiger partial charge in [0.05, 0.1) is 11.5 Å². The molecule has 0 unspecified atom stereocenters. The van der Waals surface area contributed by atoms with Crippen LogP contribution >= 0.6 is 0 Å². The summed E-state index contributed by atoms with van der Waals surface area (Å²) in [5.74, 6) is -0.0249. The molecule has 0 aliphatic carbocycles. The highest BCUT2D eigenvalue weighted by Gasteiger charge is 2.40. The van der Waals surface area contributed by atoms with Crippen molar-refractivity contribution in [2.24, 2.45) is 5.73 Å². The molecule has 0 spiro atoms. The molecule has 14 heavy (non-hydrogen) atoms. The van der Waals surface area contributed by atoms with Crippen LogP contribution in [0.4, 0.5) is 0 Å². The highest BCUT2D eigenvalue weighted by molar-refractivity contribution is 8.09. The largest absolute Gasteiger partial charge is 0.330 e. The molecular weight excluding hydrogens is 226 g/mol. The molecule has 0 bridgehead atoms. The minimum atomic E-state index is -3.45. The van der Waals surface area contributed by atoms with E-state index in [1.165, 1.54) is 0 Å². The summed E-state index contributed by atoms with van der Waals surface area (Å²) in [6.07, 6.45) is 0.800. The maximum Gasteiger partial charge on any atom is 0.167 e. The standard InChI is InChI=1S/C7H15NO4S2/c8-4-1-3-7-13(9,10)5-2-6-14(7,11)12/h7H,1-6,8H2. The Morgan fingerprint density at radius 2 is 1.57 bits per heavy atom. The van der Waals surface area contributed by atoms with E-state index in [9.17, 15) is 16.8 Å². The average Bonchev–Trinajstić information content (AvgIpc) is 2.01. The van der Waals surface area contributed by atoms with Crippen LogP contribution in [-0.2, 0) is 19.7 Å². The first-order valence-electron chi connectivity index (χ1n) is 4.53. The topological polar surface area (TPSA) is 94.3 Å². The first-order chi connectivity index (χ1) is 6.40. The van der Waals surface area contributed by atoms with Crippen molar-refractivity contribution in [3.63, 3.8) is 0 Å². The molecule has 1 heterocycles. The van der Waals surface area contributed by atoms with E-state index in [-0.39, 0.29) is 24.3 Å². The first-order valence-corrected chi connectivity index (χ1v) is 7.96. The second kappa shape index (κ2) is 4.16. The van der Waals surface area contributed by atoms with Crippen molar-refractivity contribution in [3.05, 3.63) is 0 Å². The molecule has 5 nitrogen and oxygen atoms in total. The van der Waals surface area contributed by atoms with Gasteiger partial charge in [-0.05, 0) is 25.8 Å². The molecule has 0 atom stereocenters. The Kier molecular flexibility index (Phi) is 3.54. The van der Waals surface area contributed by atoms with Gasteiger partial charge in [0.1, 0.15) is 0 Å². The summed E-state index contributed by atoms with van der Waals surface area (Å²) in [5, 5.41) is 0. The molecule has 1 fully saturated rings. The number of hydrogen-bond donors (Lipinski definition) is 1. The quantitative estimate of drug-likeness (QED) is 0.704. The van der Waals surface area contributed by atoms with Gasteiger partial charge in [-0.1, -0.05) is 0 Å². The second-order valence-electron chi connectivity index (χ2n) is 3.45. The van der Waals surface area contributed by atoms with Crippen molar-refractivity contribution in [2.45, 2.75) is 23.8 Å². The maximum atomic E-state index is 11.5. The lowest BCUT2D eigenvalue weighted by molar-refractivity contribution is 0.557. The molecule has 1 aliphatic heterocycles. The number of rotatable bonds is 3. The van der Waals surface area contributed by atoms with Crippen molar-refractivity contribution >= 4 is 19.7 Å². The van der Waals surface area contributed by atoms with Gasteiger partial charge in [0.2, 0.25) is 0 Å². The molecule has 0 aromatic carbocycles. The van der Waals surface area contributed by atoms with E-state index in [4.69, 9.17) is 5.73 Å². The van der Waals surface area contributed by atoms with Crippen LogP contribution in [0.1, 0.15) is 19.3 Å². The Balaban J connectivity index is 2.93. The Labute approximate surface area is 84.5 Å². The van der Waals surface area contributed by atoms with Crippen LogP contribution in [0.15, 0.2) is 0 Å². The average molecular weight is 241 g/mol. The molecule has 0 aromatic heterocycles. The van der Waals surface area contributed by atoms with Crippen molar-refractivity contribution in [2.75, 3.05) is 18.1 Å². The predicted molar refractivity (Wildman–Crippen MR) is 54.3 cm³/mol. The Bertz CT molecular complexity index is 350. The summed E-state index contributed by atoms with van der Waals surface area (Å²) in [5.41, 5.74) is 5.23. The molecule has 0 amide bonds. The fourth-order valence-corrected chi connectivity index (χ4v) is 6.81. The van der Waals surface area contributed by atoms with Gasteiger partial charge in [-0.2, -0.15) is 0 Å². The number of sulfone groups is 2. The summed E-state index contributed by atoms with van der Waals surface area (Å²) in [6, 6.07) is 0. The third-order valence-corrected chi connectivity index (χ3v) is 7.85. The van der Waals surface area contributed by atoms with Crippen LogP contribution in [0.3, 0.4) is 0 Å². The smallest absolute Gasteiger partial charge is 0.167 e. The first kappa shape index (κ1) is 11.9. The molecule has 1 rings (SSSR count). The third kappa shape index (κ3) is 2.46. The van der Waals surface area contributed by atoms with Crippen molar-refractivity contribution in [1.29, 1.82) is 0 Å². The maximum absolute atomic E-state index is 11.5. The summed E-state index contributed by atoms with van der Waals surface area (Å²) in [6.45, 7) is 0.321. The van der Waals surface area contributed by atoms with E-state index in [2.05, 4.69) is 0 Å². The van der Waals surface area contributed by atoms with E-state index >= 15 is 0 Å². The normalized spacial score (nSPS) is 26.1. The highest BCUT2D eigenvalue weighted by atomic mass is 32.3. The van der Waals surface area contributed by atoms with Gasteiger partial charge in [0.15, 0.2) is 24.3 Å². The van der Waals surface area contributed by atoms with Crippen LogP contribution in [0.2, 0.25) is 0 Å². The van der Waals surface area contributed by atoms with Gasteiger partial charge in [0, 0.05) is 0 Å². The van der Waals surface area contributed by atoms with E-state index < -0.39 is 24.3 Å². The van der Waals surface area contributed by atoms with E-state index in [0.29, 0.717) is 13.0 Å². The van der Waals surface area contributed by atoms with Gasteiger partial charge in [0.25, 0.3) is 0 Å². The van der Waals surface area contributed by atoms with Crippen molar-refractivity contribution in [3.8, 4) is 0 Å². The second-order valence-corrected chi connectivity index (χ2v) is 8.35. The minimum absolute atomic E-state index is 0.0124. The predicted octanol–water partition coefficient (Wildman–Crippen LogP) is -0.715. The van der Waals surface area contributed by atoms with Gasteiger partial charge in [-0.15, -0.1) is 0 Å². The van der Waals surface area contributed by atoms with Gasteiger partial charge in [-0.3, -0.25) is 0 Å². The molecule has 84 valence electrons. The minimum Gasteiger partial charge on any atom is -0.330 e. The van der Waals surface area contributed by atoms with Crippen LogP contribution in [-0.4, -0.2) is 39.5 Å². The monoisotopic (exact) mass is 241 g/mol. The SMILES string of the molecule is NCCCC1S(=O)(=O)CCCS1(=O)=O. The molecule has 1 saturated heterocycles. The molecule has 0 aromatic rings. The molecule has 0 saturated carbocycles. The molecular formula is C7H15NO4S2. The summed E-state index contributed by atoms with van der Waals surface area (Å²) < 4.78 is 44.7. The van der Waals surface area contributed by atoms with Gasteiger partial charge >= 0.3 is 0 Å².